The number of rotatable bonds is 7. The van der Waals surface area contributed by atoms with Crippen molar-refractivity contribution in [1.29, 1.82) is 0 Å². The van der Waals surface area contributed by atoms with Crippen molar-refractivity contribution in [3.8, 4) is 0 Å². The first kappa shape index (κ1) is 18.4. The van der Waals surface area contributed by atoms with Crippen LogP contribution in [0.1, 0.15) is 32.8 Å². The lowest BCUT2D eigenvalue weighted by molar-refractivity contribution is 0.132. The van der Waals surface area contributed by atoms with Crippen LogP contribution in [-0.2, 0) is 11.2 Å². The molecule has 0 aliphatic heterocycles. The molecule has 0 aromatic heterocycles. The first-order valence-corrected chi connectivity index (χ1v) is 7.64. The van der Waals surface area contributed by atoms with Gasteiger partial charge in [0.15, 0.2) is 0 Å². The minimum absolute atomic E-state index is 0.196. The van der Waals surface area contributed by atoms with Gasteiger partial charge in [-0.1, -0.05) is 12.1 Å². The molecule has 0 unspecified atom stereocenters. The van der Waals surface area contributed by atoms with Crippen molar-refractivity contribution >= 4 is 6.09 Å². The van der Waals surface area contributed by atoms with Gasteiger partial charge in [0, 0.05) is 18.6 Å². The zero-order valence-corrected chi connectivity index (χ0v) is 14.0. The van der Waals surface area contributed by atoms with Crippen LogP contribution in [0.2, 0.25) is 0 Å². The maximum atomic E-state index is 13.1. The molecule has 5 heteroatoms. The van der Waals surface area contributed by atoms with Crippen LogP contribution in [0.3, 0.4) is 0 Å². The average Bonchev–Trinajstić information content (AvgIpc) is 2.39. The Labute approximate surface area is 132 Å². The molecule has 124 valence electrons. The fraction of sp³-hybridized carbons (Fsp3) is 0.588. The SMILES string of the molecule is CN(CCCOC(=O)NC(C)(C)C)CCc1cccc(F)c1. The number of alkyl carbamates (subject to hydrolysis) is 1. The third-order valence-corrected chi connectivity index (χ3v) is 3.07. The Morgan fingerprint density at radius 1 is 1.32 bits per heavy atom. The Bertz CT molecular complexity index is 472. The second-order valence-corrected chi connectivity index (χ2v) is 6.55. The fourth-order valence-electron chi connectivity index (χ4n) is 1.97. The molecule has 0 bridgehead atoms. The van der Waals surface area contributed by atoms with Gasteiger partial charge >= 0.3 is 6.09 Å². The molecule has 1 aromatic carbocycles. The van der Waals surface area contributed by atoms with Gasteiger partial charge in [0.2, 0.25) is 0 Å². The minimum Gasteiger partial charge on any atom is -0.450 e. The molecular weight excluding hydrogens is 283 g/mol. The average molecular weight is 310 g/mol. The van der Waals surface area contributed by atoms with Crippen molar-refractivity contribution in [2.45, 2.75) is 39.2 Å². The number of nitrogens with one attached hydrogen (secondary N) is 1. The molecule has 0 atom stereocenters. The molecule has 1 rings (SSSR count). The van der Waals surface area contributed by atoms with Crippen molar-refractivity contribution in [2.75, 3.05) is 26.7 Å². The summed E-state index contributed by atoms with van der Waals surface area (Å²) in [6, 6.07) is 6.67. The summed E-state index contributed by atoms with van der Waals surface area (Å²) < 4.78 is 18.2. The summed E-state index contributed by atoms with van der Waals surface area (Å²) in [7, 11) is 2.01. The van der Waals surface area contributed by atoms with Crippen LogP contribution in [0.5, 0.6) is 0 Å². The van der Waals surface area contributed by atoms with E-state index < -0.39 is 0 Å². The number of amides is 1. The molecule has 0 aliphatic rings. The lowest BCUT2D eigenvalue weighted by atomic mass is 10.1. The van der Waals surface area contributed by atoms with Gasteiger partial charge in [0.25, 0.3) is 0 Å². The third-order valence-electron chi connectivity index (χ3n) is 3.07. The molecule has 0 heterocycles. The molecule has 0 fully saturated rings. The molecule has 0 aliphatic carbocycles. The van der Waals surface area contributed by atoms with Crippen LogP contribution in [0.15, 0.2) is 24.3 Å². The highest BCUT2D eigenvalue weighted by molar-refractivity contribution is 5.67. The van der Waals surface area contributed by atoms with Crippen molar-refractivity contribution in [3.05, 3.63) is 35.6 Å². The number of hydrogen-bond donors (Lipinski definition) is 1. The Hall–Kier alpha value is -1.62. The topological polar surface area (TPSA) is 41.6 Å². The Balaban J connectivity index is 2.13. The van der Waals surface area contributed by atoms with Gasteiger partial charge in [-0.2, -0.15) is 0 Å². The number of nitrogens with zero attached hydrogens (tertiary/aromatic N) is 1. The Morgan fingerprint density at radius 2 is 2.05 bits per heavy atom. The molecule has 0 saturated carbocycles. The van der Waals surface area contributed by atoms with Crippen molar-refractivity contribution < 1.29 is 13.9 Å². The first-order chi connectivity index (χ1) is 10.3. The number of likely N-dealkylation sites (N-methyl/N-ethyl adjacent to an activating group) is 1. The fourth-order valence-corrected chi connectivity index (χ4v) is 1.97. The molecule has 0 spiro atoms. The van der Waals surface area contributed by atoms with Crippen LogP contribution in [0, 0.1) is 5.82 Å². The number of benzene rings is 1. The summed E-state index contributed by atoms with van der Waals surface area (Å²) in [5.74, 6) is -0.196. The maximum absolute atomic E-state index is 13.1. The van der Waals surface area contributed by atoms with E-state index in [9.17, 15) is 9.18 Å². The van der Waals surface area contributed by atoms with Gasteiger partial charge in [-0.15, -0.1) is 0 Å². The minimum atomic E-state index is -0.380. The summed E-state index contributed by atoms with van der Waals surface area (Å²) in [6.45, 7) is 7.80. The zero-order chi connectivity index (χ0) is 16.6. The number of ether oxygens (including phenoxy) is 1. The lowest BCUT2D eigenvalue weighted by Gasteiger charge is -2.20. The van der Waals surface area contributed by atoms with Gasteiger partial charge < -0.3 is 15.0 Å². The lowest BCUT2D eigenvalue weighted by Crippen LogP contribution is -2.41. The van der Waals surface area contributed by atoms with Crippen molar-refractivity contribution in [1.82, 2.24) is 10.2 Å². The van der Waals surface area contributed by atoms with Gasteiger partial charge in [-0.05, 0) is 58.4 Å². The maximum Gasteiger partial charge on any atom is 0.407 e. The zero-order valence-electron chi connectivity index (χ0n) is 14.0. The van der Waals surface area contributed by atoms with Crippen LogP contribution in [-0.4, -0.2) is 43.3 Å². The summed E-state index contributed by atoms with van der Waals surface area (Å²) in [5.41, 5.74) is 0.714. The highest BCUT2D eigenvalue weighted by Crippen LogP contribution is 2.05. The number of carbonyl (C=O) groups is 1. The second kappa shape index (κ2) is 8.73. The summed E-state index contributed by atoms with van der Waals surface area (Å²) in [4.78, 5) is 13.6. The van der Waals surface area contributed by atoms with Crippen molar-refractivity contribution in [3.63, 3.8) is 0 Å². The number of halogens is 1. The highest BCUT2D eigenvalue weighted by Gasteiger charge is 2.14. The van der Waals surface area contributed by atoms with E-state index >= 15 is 0 Å². The van der Waals surface area contributed by atoms with E-state index in [4.69, 9.17) is 4.74 Å². The van der Waals surface area contributed by atoms with E-state index in [0.717, 1.165) is 31.5 Å². The smallest absolute Gasteiger partial charge is 0.407 e. The molecule has 1 aromatic rings. The molecule has 0 radical (unpaired) electrons. The van der Waals surface area contributed by atoms with E-state index in [1.165, 1.54) is 6.07 Å². The van der Waals surface area contributed by atoms with E-state index in [-0.39, 0.29) is 17.4 Å². The van der Waals surface area contributed by atoms with E-state index in [1.807, 2.05) is 33.9 Å². The second-order valence-electron chi connectivity index (χ2n) is 6.55. The first-order valence-electron chi connectivity index (χ1n) is 7.64. The van der Waals surface area contributed by atoms with Gasteiger partial charge in [-0.3, -0.25) is 0 Å². The highest BCUT2D eigenvalue weighted by atomic mass is 19.1. The Morgan fingerprint density at radius 3 is 2.68 bits per heavy atom. The number of carbonyl (C=O) groups excluding carboxylic acids is 1. The van der Waals surface area contributed by atoms with E-state index in [1.54, 1.807) is 12.1 Å². The quantitative estimate of drug-likeness (QED) is 0.786. The van der Waals surface area contributed by atoms with Crippen LogP contribution in [0.25, 0.3) is 0 Å². The molecule has 22 heavy (non-hydrogen) atoms. The van der Waals surface area contributed by atoms with Crippen LogP contribution < -0.4 is 5.32 Å². The van der Waals surface area contributed by atoms with E-state index in [2.05, 4.69) is 10.2 Å². The van der Waals surface area contributed by atoms with Crippen LogP contribution in [0.4, 0.5) is 9.18 Å². The van der Waals surface area contributed by atoms with E-state index in [0.29, 0.717) is 6.61 Å². The largest absolute Gasteiger partial charge is 0.450 e. The predicted octanol–water partition coefficient (Wildman–Crippen LogP) is 3.21. The molecule has 0 saturated heterocycles. The number of hydrogen-bond acceptors (Lipinski definition) is 3. The van der Waals surface area contributed by atoms with Gasteiger partial charge in [0.05, 0.1) is 6.61 Å². The standard InChI is InChI=1S/C17H27FN2O2/c1-17(2,3)19-16(21)22-12-6-10-20(4)11-9-14-7-5-8-15(18)13-14/h5,7-8,13H,6,9-12H2,1-4H3,(H,19,21). The molecule has 4 nitrogen and oxygen atoms in total. The molecule has 1 N–H and O–H groups in total. The molecular formula is C17H27FN2O2. The summed E-state index contributed by atoms with van der Waals surface area (Å²) in [5, 5.41) is 2.75. The molecule has 1 amide bonds. The summed E-state index contributed by atoms with van der Waals surface area (Å²) >= 11 is 0. The summed E-state index contributed by atoms with van der Waals surface area (Å²) in [6.07, 6.45) is 1.20. The van der Waals surface area contributed by atoms with Gasteiger partial charge in [0.1, 0.15) is 5.82 Å². The normalized spacial score (nSPS) is 11.5. The van der Waals surface area contributed by atoms with Crippen molar-refractivity contribution in [2.24, 2.45) is 0 Å². The predicted molar refractivity (Wildman–Crippen MR) is 86.5 cm³/mol. The monoisotopic (exact) mass is 310 g/mol. The van der Waals surface area contributed by atoms with Crippen LogP contribution >= 0.6 is 0 Å². The van der Waals surface area contributed by atoms with Gasteiger partial charge in [-0.25, -0.2) is 9.18 Å². The third kappa shape index (κ3) is 8.62. The Kier molecular flexibility index (Phi) is 7.32.